The minimum absolute atomic E-state index is 0.423. The zero-order valence-corrected chi connectivity index (χ0v) is 20.6. The number of para-hydroxylation sites is 1. The van der Waals surface area contributed by atoms with E-state index in [4.69, 9.17) is 22.1 Å². The summed E-state index contributed by atoms with van der Waals surface area (Å²) >= 11 is 5.97. The van der Waals surface area contributed by atoms with E-state index in [0.717, 1.165) is 66.8 Å². The third-order valence-corrected chi connectivity index (χ3v) is 6.63. The molecule has 176 valence electrons. The second-order valence-electron chi connectivity index (χ2n) is 8.99. The minimum Gasteiger partial charge on any atom is -0.486 e. The van der Waals surface area contributed by atoms with Gasteiger partial charge in [0, 0.05) is 30.8 Å². The largest absolute Gasteiger partial charge is 0.486 e. The Labute approximate surface area is 206 Å². The van der Waals surface area contributed by atoms with E-state index < -0.39 is 0 Å². The Bertz CT molecular complexity index is 1280. The molecule has 5 rings (SSSR count). The maximum Gasteiger partial charge on any atom is 0.169 e. The van der Waals surface area contributed by atoms with E-state index >= 15 is 0 Å². The van der Waals surface area contributed by atoms with Crippen molar-refractivity contribution in [2.75, 3.05) is 27.2 Å². The molecule has 0 saturated carbocycles. The number of aromatic nitrogens is 3. The van der Waals surface area contributed by atoms with E-state index in [-0.39, 0.29) is 0 Å². The molecule has 0 saturated heterocycles. The van der Waals surface area contributed by atoms with Gasteiger partial charge in [0.05, 0.1) is 0 Å². The first-order valence-corrected chi connectivity index (χ1v) is 12.3. The lowest BCUT2D eigenvalue weighted by molar-refractivity contribution is 0.288. The number of hydrogen-bond donors (Lipinski definition) is 1. The molecule has 7 heteroatoms. The van der Waals surface area contributed by atoms with Crippen LogP contribution in [-0.4, -0.2) is 51.3 Å². The van der Waals surface area contributed by atoms with Gasteiger partial charge in [0.15, 0.2) is 5.82 Å². The third kappa shape index (κ3) is 4.45. The minimum atomic E-state index is 0.423. The van der Waals surface area contributed by atoms with Crippen molar-refractivity contribution in [1.82, 2.24) is 24.4 Å². The second kappa shape index (κ2) is 9.99. The van der Waals surface area contributed by atoms with Crippen LogP contribution in [0.25, 0.3) is 16.8 Å². The monoisotopic (exact) mass is 473 g/mol. The first-order chi connectivity index (χ1) is 16.6. The van der Waals surface area contributed by atoms with Crippen molar-refractivity contribution in [2.24, 2.45) is 0 Å². The molecule has 2 aromatic heterocycles. The van der Waals surface area contributed by atoms with E-state index in [0.29, 0.717) is 6.61 Å². The van der Waals surface area contributed by atoms with Gasteiger partial charge in [0.2, 0.25) is 0 Å². The molecule has 34 heavy (non-hydrogen) atoms. The highest BCUT2D eigenvalue weighted by Crippen LogP contribution is 2.36. The van der Waals surface area contributed by atoms with Crippen LogP contribution >= 0.6 is 12.2 Å². The lowest BCUT2D eigenvalue weighted by atomic mass is 9.98. The zero-order chi connectivity index (χ0) is 23.5. The predicted molar refractivity (Wildman–Crippen MR) is 141 cm³/mol. The summed E-state index contributed by atoms with van der Waals surface area (Å²) < 4.78 is 10.5. The van der Waals surface area contributed by atoms with Crippen molar-refractivity contribution in [3.63, 3.8) is 0 Å². The molecule has 0 unspecified atom stereocenters. The average molecular weight is 474 g/mol. The van der Waals surface area contributed by atoms with Crippen LogP contribution in [0.3, 0.4) is 0 Å². The molecule has 0 amide bonds. The molecule has 6 nitrogen and oxygen atoms in total. The summed E-state index contributed by atoms with van der Waals surface area (Å²) in [5.41, 5.74) is 5.84. The number of likely N-dealkylation sites (N-methyl/N-ethyl adjacent to an activating group) is 1. The van der Waals surface area contributed by atoms with E-state index in [1.54, 1.807) is 0 Å². The van der Waals surface area contributed by atoms with Crippen molar-refractivity contribution in [1.29, 1.82) is 0 Å². The molecule has 0 radical (unpaired) electrons. The lowest BCUT2D eigenvalue weighted by Crippen LogP contribution is -2.31. The fourth-order valence-corrected chi connectivity index (χ4v) is 4.97. The molecule has 2 aromatic carbocycles. The first kappa shape index (κ1) is 22.6. The van der Waals surface area contributed by atoms with Crippen LogP contribution in [-0.2, 0) is 19.6 Å². The normalized spacial score (nSPS) is 13.3. The van der Waals surface area contributed by atoms with Gasteiger partial charge in [0.1, 0.15) is 28.7 Å². The number of thiocarbonyl (C=S) groups is 1. The molecular formula is C27H31N5OS. The van der Waals surface area contributed by atoms with Gasteiger partial charge in [-0.15, -0.1) is 5.10 Å². The van der Waals surface area contributed by atoms with Crippen LogP contribution in [0.2, 0.25) is 0 Å². The van der Waals surface area contributed by atoms with Crippen LogP contribution in [0.15, 0.2) is 60.7 Å². The van der Waals surface area contributed by atoms with E-state index in [9.17, 15) is 0 Å². The van der Waals surface area contributed by atoms with Gasteiger partial charge in [-0.3, -0.25) is 0 Å². The Balaban J connectivity index is 1.61. The standard InChI is InChI=1S/C27H31N5OS/c1-30(2)18-16-28-26(34)25-24(20-11-5-3-6-12-20)22-15-9-10-17-31-23(29-32(25)27(22)31)19-33-21-13-7-4-8-14-21/h3-8,11-14H,9-10,15-19H2,1-2H3,(H,28,34). The lowest BCUT2D eigenvalue weighted by Gasteiger charge is -2.14. The fraction of sp³-hybridized carbons (Fsp3) is 0.333. The molecule has 0 atom stereocenters. The van der Waals surface area contributed by atoms with Gasteiger partial charge < -0.3 is 19.5 Å². The SMILES string of the molecule is CN(C)CCNC(=S)c1c(-c2ccccc2)c2c3n(c(COc4ccccc4)nn13)CCCC2. The number of ether oxygens (including phenoxy) is 1. The highest BCUT2D eigenvalue weighted by molar-refractivity contribution is 7.80. The number of benzene rings is 2. The molecular weight excluding hydrogens is 442 g/mol. The van der Waals surface area contributed by atoms with Gasteiger partial charge in [-0.25, -0.2) is 4.52 Å². The number of nitrogens with zero attached hydrogens (tertiary/aromatic N) is 4. The number of hydrogen-bond acceptors (Lipinski definition) is 4. The molecule has 0 fully saturated rings. The average Bonchev–Trinajstić information content (AvgIpc) is 3.25. The molecule has 1 N–H and O–H groups in total. The molecule has 0 aliphatic carbocycles. The Morgan fingerprint density at radius 2 is 1.79 bits per heavy atom. The van der Waals surface area contributed by atoms with E-state index in [1.165, 1.54) is 16.7 Å². The molecule has 4 aromatic rings. The fourth-order valence-electron chi connectivity index (χ4n) is 4.68. The number of aryl methyl sites for hydroxylation is 2. The van der Waals surface area contributed by atoms with Crippen LogP contribution in [0.4, 0.5) is 0 Å². The third-order valence-electron chi connectivity index (χ3n) is 6.30. The Hall–Kier alpha value is -3.16. The molecule has 1 aliphatic rings. The van der Waals surface area contributed by atoms with Gasteiger partial charge in [-0.1, -0.05) is 60.7 Å². The predicted octanol–water partition coefficient (Wildman–Crippen LogP) is 4.54. The van der Waals surface area contributed by atoms with Crippen LogP contribution in [0.5, 0.6) is 5.75 Å². The number of nitrogens with one attached hydrogen (secondary N) is 1. The molecule has 1 aliphatic heterocycles. The summed E-state index contributed by atoms with van der Waals surface area (Å²) in [6.07, 6.45) is 3.27. The van der Waals surface area contributed by atoms with Crippen LogP contribution in [0, 0.1) is 0 Å². The Kier molecular flexibility index (Phi) is 6.65. The van der Waals surface area contributed by atoms with E-state index in [2.05, 4.69) is 63.7 Å². The molecule has 3 heterocycles. The zero-order valence-electron chi connectivity index (χ0n) is 19.8. The van der Waals surface area contributed by atoms with Gasteiger partial charge in [0.25, 0.3) is 0 Å². The molecule has 0 spiro atoms. The van der Waals surface area contributed by atoms with Gasteiger partial charge >= 0.3 is 0 Å². The number of rotatable bonds is 8. The smallest absolute Gasteiger partial charge is 0.169 e. The summed E-state index contributed by atoms with van der Waals surface area (Å²) in [6.45, 7) is 3.05. The highest BCUT2D eigenvalue weighted by atomic mass is 32.1. The summed E-state index contributed by atoms with van der Waals surface area (Å²) in [5.74, 6) is 1.78. The van der Waals surface area contributed by atoms with Crippen molar-refractivity contribution in [2.45, 2.75) is 32.4 Å². The second-order valence-corrected chi connectivity index (χ2v) is 9.40. The van der Waals surface area contributed by atoms with E-state index in [1.807, 2.05) is 30.3 Å². The van der Waals surface area contributed by atoms with Crippen LogP contribution in [0.1, 0.15) is 29.9 Å². The topological polar surface area (TPSA) is 46.7 Å². The van der Waals surface area contributed by atoms with Gasteiger partial charge in [-0.05, 0) is 51.1 Å². The summed E-state index contributed by atoms with van der Waals surface area (Å²) in [5, 5.41) is 8.55. The maximum atomic E-state index is 6.09. The summed E-state index contributed by atoms with van der Waals surface area (Å²) in [7, 11) is 4.14. The van der Waals surface area contributed by atoms with Crippen molar-refractivity contribution in [3.8, 4) is 16.9 Å². The van der Waals surface area contributed by atoms with Crippen molar-refractivity contribution in [3.05, 3.63) is 77.7 Å². The maximum absolute atomic E-state index is 6.09. The quantitative estimate of drug-likeness (QED) is 0.381. The highest BCUT2D eigenvalue weighted by Gasteiger charge is 2.29. The Morgan fingerprint density at radius 3 is 2.53 bits per heavy atom. The summed E-state index contributed by atoms with van der Waals surface area (Å²) in [4.78, 5) is 2.89. The van der Waals surface area contributed by atoms with Gasteiger partial charge in [-0.2, -0.15) is 0 Å². The van der Waals surface area contributed by atoms with Crippen LogP contribution < -0.4 is 10.1 Å². The first-order valence-electron chi connectivity index (χ1n) is 11.9. The van der Waals surface area contributed by atoms with Crippen molar-refractivity contribution < 1.29 is 4.74 Å². The molecule has 0 bridgehead atoms. The Morgan fingerprint density at radius 1 is 1.06 bits per heavy atom. The summed E-state index contributed by atoms with van der Waals surface area (Å²) in [6, 6.07) is 20.5. The van der Waals surface area contributed by atoms with Crippen molar-refractivity contribution >= 4 is 22.9 Å².